The molecule has 1 N–H and O–H groups in total. The largest absolute Gasteiger partial charge is 0.340 e. The van der Waals surface area contributed by atoms with E-state index in [2.05, 4.69) is 36.0 Å². The van der Waals surface area contributed by atoms with Crippen molar-refractivity contribution in [1.82, 2.24) is 10.3 Å². The first-order chi connectivity index (χ1) is 7.70. The highest BCUT2D eigenvalue weighted by atomic mass is 16.1. The van der Waals surface area contributed by atoms with Crippen molar-refractivity contribution in [2.45, 2.75) is 20.3 Å². The average Bonchev–Trinajstić information content (AvgIpc) is 2.29. The molecule has 0 unspecified atom stereocenters. The van der Waals surface area contributed by atoms with Gasteiger partial charge in [0.15, 0.2) is 0 Å². The minimum atomic E-state index is -0.181. The van der Waals surface area contributed by atoms with Gasteiger partial charge in [0.2, 0.25) is 0 Å². The van der Waals surface area contributed by atoms with Crippen molar-refractivity contribution in [3.05, 3.63) is 30.1 Å². The van der Waals surface area contributed by atoms with Gasteiger partial charge < -0.3 is 5.32 Å². The SMILES string of the molecule is CC(C)CC#CCNC(=O)c1ccccn1.[HH]. The van der Waals surface area contributed by atoms with Gasteiger partial charge >= 0.3 is 0 Å². The zero-order valence-electron chi connectivity index (χ0n) is 9.66. The third-order valence-corrected chi connectivity index (χ3v) is 1.87. The third-order valence-electron chi connectivity index (χ3n) is 1.87. The van der Waals surface area contributed by atoms with E-state index in [1.807, 2.05) is 0 Å². The van der Waals surface area contributed by atoms with Crippen LogP contribution in [0.3, 0.4) is 0 Å². The number of hydrogen-bond donors (Lipinski definition) is 1. The van der Waals surface area contributed by atoms with E-state index in [4.69, 9.17) is 0 Å². The Morgan fingerprint density at radius 1 is 1.50 bits per heavy atom. The van der Waals surface area contributed by atoms with Gasteiger partial charge in [-0.3, -0.25) is 9.78 Å². The fraction of sp³-hybridized carbons (Fsp3) is 0.385. The molecule has 86 valence electrons. The summed E-state index contributed by atoms with van der Waals surface area (Å²) in [6.45, 7) is 4.60. The molecule has 16 heavy (non-hydrogen) atoms. The molecule has 3 heteroatoms. The molecule has 1 heterocycles. The maximum absolute atomic E-state index is 11.5. The van der Waals surface area contributed by atoms with Crippen molar-refractivity contribution >= 4 is 5.91 Å². The molecule has 1 rings (SSSR count). The number of carbonyl (C=O) groups excluding carboxylic acids is 1. The Morgan fingerprint density at radius 2 is 2.31 bits per heavy atom. The van der Waals surface area contributed by atoms with Gasteiger partial charge in [0, 0.05) is 14.0 Å². The van der Waals surface area contributed by atoms with E-state index in [1.165, 1.54) is 0 Å². The van der Waals surface area contributed by atoms with Gasteiger partial charge in [-0.2, -0.15) is 0 Å². The van der Waals surface area contributed by atoms with Gasteiger partial charge in [0.1, 0.15) is 5.69 Å². The molecule has 0 aromatic carbocycles. The van der Waals surface area contributed by atoms with Crippen LogP contribution in [0.1, 0.15) is 32.2 Å². The first-order valence-corrected chi connectivity index (χ1v) is 5.35. The van der Waals surface area contributed by atoms with Crippen LogP contribution in [0.2, 0.25) is 0 Å². The molecule has 1 amide bonds. The van der Waals surface area contributed by atoms with Crippen molar-refractivity contribution < 1.29 is 6.22 Å². The number of nitrogens with one attached hydrogen (secondary N) is 1. The summed E-state index contributed by atoms with van der Waals surface area (Å²) in [6.07, 6.45) is 2.46. The summed E-state index contributed by atoms with van der Waals surface area (Å²) in [6, 6.07) is 5.24. The summed E-state index contributed by atoms with van der Waals surface area (Å²) in [5, 5.41) is 2.70. The van der Waals surface area contributed by atoms with Crippen LogP contribution in [0.25, 0.3) is 0 Å². The summed E-state index contributed by atoms with van der Waals surface area (Å²) in [5.74, 6) is 6.30. The van der Waals surface area contributed by atoms with Crippen LogP contribution in [0, 0.1) is 17.8 Å². The molecule has 1 aromatic heterocycles. The smallest absolute Gasteiger partial charge is 0.270 e. The van der Waals surface area contributed by atoms with Crippen molar-refractivity contribution in [2.24, 2.45) is 5.92 Å². The molecule has 0 aliphatic carbocycles. The number of rotatable bonds is 3. The van der Waals surface area contributed by atoms with Crippen LogP contribution in [0.15, 0.2) is 24.4 Å². The highest BCUT2D eigenvalue weighted by Crippen LogP contribution is 1.95. The molecule has 0 bridgehead atoms. The minimum absolute atomic E-state index is 0. The number of hydrogen-bond acceptors (Lipinski definition) is 2. The van der Waals surface area contributed by atoms with E-state index in [0.29, 0.717) is 18.2 Å². The van der Waals surface area contributed by atoms with E-state index >= 15 is 0 Å². The van der Waals surface area contributed by atoms with Crippen LogP contribution in [-0.2, 0) is 0 Å². The maximum Gasteiger partial charge on any atom is 0.270 e. The summed E-state index contributed by atoms with van der Waals surface area (Å²) in [5.41, 5.74) is 0.424. The normalized spacial score (nSPS) is 9.44. The summed E-state index contributed by atoms with van der Waals surface area (Å²) >= 11 is 0. The topological polar surface area (TPSA) is 42.0 Å². The van der Waals surface area contributed by atoms with Crippen LogP contribution in [0.5, 0.6) is 0 Å². The lowest BCUT2D eigenvalue weighted by molar-refractivity contribution is 0.0954. The summed E-state index contributed by atoms with van der Waals surface area (Å²) < 4.78 is 0. The van der Waals surface area contributed by atoms with Crippen LogP contribution < -0.4 is 5.32 Å². The zero-order chi connectivity index (χ0) is 11.8. The van der Waals surface area contributed by atoms with Crippen molar-refractivity contribution in [3.8, 4) is 11.8 Å². The van der Waals surface area contributed by atoms with Crippen LogP contribution in [0.4, 0.5) is 0 Å². The average molecular weight is 218 g/mol. The monoisotopic (exact) mass is 218 g/mol. The van der Waals surface area contributed by atoms with E-state index in [0.717, 1.165) is 6.42 Å². The summed E-state index contributed by atoms with van der Waals surface area (Å²) in [4.78, 5) is 15.4. The molecule has 0 fully saturated rings. The molecule has 3 nitrogen and oxygen atoms in total. The number of pyridine rings is 1. The number of nitrogens with zero attached hydrogens (tertiary/aromatic N) is 1. The number of carbonyl (C=O) groups is 1. The van der Waals surface area contributed by atoms with Gasteiger partial charge in [-0.15, -0.1) is 5.92 Å². The van der Waals surface area contributed by atoms with Gasteiger partial charge in [-0.1, -0.05) is 25.8 Å². The maximum atomic E-state index is 11.5. The van der Waals surface area contributed by atoms with Gasteiger partial charge in [-0.25, -0.2) is 0 Å². The van der Waals surface area contributed by atoms with E-state index in [-0.39, 0.29) is 7.33 Å². The second-order valence-corrected chi connectivity index (χ2v) is 3.85. The van der Waals surface area contributed by atoms with Crippen molar-refractivity contribution in [3.63, 3.8) is 0 Å². The number of amides is 1. The molecule has 1 aromatic rings. The van der Waals surface area contributed by atoms with E-state index in [1.54, 1.807) is 24.4 Å². The highest BCUT2D eigenvalue weighted by Gasteiger charge is 2.02. The Labute approximate surface area is 97.8 Å². The molecule has 0 radical (unpaired) electrons. The second-order valence-electron chi connectivity index (χ2n) is 3.85. The fourth-order valence-electron chi connectivity index (χ4n) is 1.05. The molecular formula is C13H18N2O. The number of aromatic nitrogens is 1. The Morgan fingerprint density at radius 3 is 2.94 bits per heavy atom. The van der Waals surface area contributed by atoms with Gasteiger partial charge in [-0.05, 0) is 18.1 Å². The molecule has 0 spiro atoms. The summed E-state index contributed by atoms with van der Waals surface area (Å²) in [7, 11) is 0. The Bertz CT molecular complexity index is 393. The predicted molar refractivity (Wildman–Crippen MR) is 65.9 cm³/mol. The van der Waals surface area contributed by atoms with Crippen LogP contribution in [-0.4, -0.2) is 17.4 Å². The lowest BCUT2D eigenvalue weighted by Crippen LogP contribution is -2.24. The Kier molecular flexibility index (Phi) is 5.07. The third kappa shape index (κ3) is 4.61. The molecule has 0 saturated heterocycles. The zero-order valence-corrected chi connectivity index (χ0v) is 9.66. The molecule has 0 atom stereocenters. The second kappa shape index (κ2) is 6.62. The molecule has 0 saturated carbocycles. The molecule has 0 aliphatic heterocycles. The fourth-order valence-corrected chi connectivity index (χ4v) is 1.05. The van der Waals surface area contributed by atoms with Gasteiger partial charge in [0.05, 0.1) is 6.54 Å². The van der Waals surface area contributed by atoms with E-state index < -0.39 is 0 Å². The molecular weight excluding hydrogens is 200 g/mol. The van der Waals surface area contributed by atoms with Gasteiger partial charge in [0.25, 0.3) is 5.91 Å². The quantitative estimate of drug-likeness (QED) is 0.789. The first kappa shape index (κ1) is 12.3. The molecule has 0 aliphatic rings. The Hall–Kier alpha value is -1.82. The van der Waals surface area contributed by atoms with Crippen molar-refractivity contribution in [2.75, 3.05) is 6.54 Å². The van der Waals surface area contributed by atoms with Crippen LogP contribution >= 0.6 is 0 Å². The van der Waals surface area contributed by atoms with E-state index in [9.17, 15) is 4.79 Å². The predicted octanol–water partition coefficient (Wildman–Crippen LogP) is 2.11. The highest BCUT2D eigenvalue weighted by molar-refractivity contribution is 5.92. The minimum Gasteiger partial charge on any atom is -0.340 e. The lowest BCUT2D eigenvalue weighted by atomic mass is 10.1. The first-order valence-electron chi connectivity index (χ1n) is 5.35. The lowest BCUT2D eigenvalue weighted by Gasteiger charge is -1.99. The Balaban J connectivity index is 0.00000256. The van der Waals surface area contributed by atoms with Crippen molar-refractivity contribution in [1.29, 1.82) is 0 Å². The standard InChI is InChI=1S/C13H16N2O.H2/c1-11(2)7-3-5-10-15-13(16)12-8-4-6-9-14-12;/h4,6,8-9,11H,7,10H2,1-2H3,(H,15,16);1H.